The van der Waals surface area contributed by atoms with Gasteiger partial charge in [0.15, 0.2) is 23.0 Å². The van der Waals surface area contributed by atoms with E-state index >= 15 is 0 Å². The van der Waals surface area contributed by atoms with Gasteiger partial charge in [-0.05, 0) is 6.07 Å². The molecule has 0 saturated carbocycles. The Labute approximate surface area is 98.1 Å². The van der Waals surface area contributed by atoms with Gasteiger partial charge in [0, 0.05) is 27.5 Å². The van der Waals surface area contributed by atoms with Crippen molar-refractivity contribution in [2.24, 2.45) is 0 Å². The highest BCUT2D eigenvalue weighted by Gasteiger charge is 2.00. The minimum Gasteiger partial charge on any atom is -0.408 e. The number of hydrogen-bond donors (Lipinski definition) is 0. The summed E-state index contributed by atoms with van der Waals surface area (Å²) in [6.07, 6.45) is 1.80. The first kappa shape index (κ1) is 9.21. The van der Waals surface area contributed by atoms with Crippen molar-refractivity contribution in [2.45, 2.75) is 0 Å². The number of halogens is 2. The summed E-state index contributed by atoms with van der Waals surface area (Å²) in [6.45, 7) is 0. The molecule has 0 aliphatic heterocycles. The first-order chi connectivity index (χ1) is 6.31. The van der Waals surface area contributed by atoms with Crippen molar-refractivity contribution in [3.63, 3.8) is 0 Å². The highest BCUT2D eigenvalue weighted by molar-refractivity contribution is 14.1. The van der Waals surface area contributed by atoms with E-state index in [4.69, 9.17) is 3.07 Å². The number of pyridine rings is 1. The Balaban J connectivity index is 2.74. The molecule has 4 heteroatoms. The van der Waals surface area contributed by atoms with Crippen LogP contribution in [0.3, 0.4) is 0 Å². The Morgan fingerprint density at radius 2 is 2.23 bits per heavy atom. The van der Waals surface area contributed by atoms with Crippen LogP contribution in [0.4, 0.5) is 0 Å². The Kier molecular flexibility index (Phi) is 2.69. The van der Waals surface area contributed by atoms with E-state index in [1.54, 1.807) is 6.20 Å². The van der Waals surface area contributed by atoms with Gasteiger partial charge in [0.2, 0.25) is 5.88 Å². The molecule has 0 N–H and O–H groups in total. The Bertz CT molecular complexity index is 447. The van der Waals surface area contributed by atoms with E-state index in [1.807, 2.05) is 47.3 Å². The quantitative estimate of drug-likeness (QED) is 0.732. The number of rotatable bonds is 1. The van der Waals surface area contributed by atoms with Crippen LogP contribution in [0.1, 0.15) is 0 Å². The van der Waals surface area contributed by atoms with Crippen molar-refractivity contribution >= 4 is 49.7 Å². The molecule has 0 radical (unpaired) electrons. The van der Waals surface area contributed by atoms with Crippen molar-refractivity contribution in [3.05, 3.63) is 34.9 Å². The molecule has 0 unspecified atom stereocenters. The SMILES string of the molecule is Brc1cccc2cnc(OI)cc12. The predicted molar refractivity (Wildman–Crippen MR) is 64.1 cm³/mol. The van der Waals surface area contributed by atoms with Gasteiger partial charge >= 0.3 is 0 Å². The highest BCUT2D eigenvalue weighted by Crippen LogP contribution is 2.26. The van der Waals surface area contributed by atoms with Crippen molar-refractivity contribution in [1.82, 2.24) is 4.98 Å². The second-order valence-corrected chi connectivity index (χ2v) is 3.86. The number of aromatic nitrogens is 1. The molecule has 0 fully saturated rings. The van der Waals surface area contributed by atoms with E-state index < -0.39 is 0 Å². The third-order valence-electron chi connectivity index (χ3n) is 1.76. The normalized spacial score (nSPS) is 10.3. The van der Waals surface area contributed by atoms with Gasteiger partial charge in [-0.15, -0.1) is 0 Å². The smallest absolute Gasteiger partial charge is 0.225 e. The third-order valence-corrected chi connectivity index (χ3v) is 2.91. The molecule has 2 nitrogen and oxygen atoms in total. The molecule has 0 aliphatic carbocycles. The van der Waals surface area contributed by atoms with E-state index in [-0.39, 0.29) is 0 Å². The summed E-state index contributed by atoms with van der Waals surface area (Å²) in [6, 6.07) is 7.91. The number of nitrogens with zero attached hydrogens (tertiary/aromatic N) is 1. The van der Waals surface area contributed by atoms with Crippen molar-refractivity contribution in [2.75, 3.05) is 0 Å². The molecular weight excluding hydrogens is 345 g/mol. The molecule has 0 bridgehead atoms. The monoisotopic (exact) mass is 349 g/mol. The van der Waals surface area contributed by atoms with E-state index in [9.17, 15) is 0 Å². The number of hydrogen-bond acceptors (Lipinski definition) is 2. The van der Waals surface area contributed by atoms with E-state index in [0.29, 0.717) is 5.88 Å². The largest absolute Gasteiger partial charge is 0.408 e. The maximum atomic E-state index is 5.02. The second kappa shape index (κ2) is 3.79. The van der Waals surface area contributed by atoms with E-state index in [0.717, 1.165) is 15.2 Å². The van der Waals surface area contributed by atoms with Gasteiger partial charge in [-0.1, -0.05) is 28.1 Å². The summed E-state index contributed by atoms with van der Waals surface area (Å²) in [4.78, 5) is 4.12. The molecule has 1 aromatic carbocycles. The Hall–Kier alpha value is -0.360. The molecule has 0 atom stereocenters. The van der Waals surface area contributed by atoms with E-state index in [1.165, 1.54) is 0 Å². The fraction of sp³-hybridized carbons (Fsp3) is 0. The summed E-state index contributed by atoms with van der Waals surface area (Å²) >= 11 is 5.29. The number of benzene rings is 1. The van der Waals surface area contributed by atoms with Crippen LogP contribution in [0, 0.1) is 0 Å². The van der Waals surface area contributed by atoms with Crippen LogP contribution in [0.15, 0.2) is 34.9 Å². The summed E-state index contributed by atoms with van der Waals surface area (Å²) in [5.74, 6) is 0.625. The van der Waals surface area contributed by atoms with Crippen molar-refractivity contribution in [3.8, 4) is 5.88 Å². The molecule has 1 aromatic heterocycles. The molecule has 0 saturated heterocycles. The van der Waals surface area contributed by atoms with E-state index in [2.05, 4.69) is 20.9 Å². The maximum absolute atomic E-state index is 5.02. The third kappa shape index (κ3) is 1.78. The van der Waals surface area contributed by atoms with Crippen LogP contribution in [0.25, 0.3) is 10.8 Å². The van der Waals surface area contributed by atoms with Crippen LogP contribution in [-0.2, 0) is 0 Å². The summed E-state index contributed by atoms with van der Waals surface area (Å²) < 4.78 is 6.07. The average Bonchev–Trinajstić information content (AvgIpc) is 2.18. The van der Waals surface area contributed by atoms with Gasteiger partial charge < -0.3 is 3.07 Å². The van der Waals surface area contributed by atoms with Crippen LogP contribution in [0.5, 0.6) is 5.88 Å². The molecule has 0 amide bonds. The fourth-order valence-corrected chi connectivity index (χ4v) is 1.89. The zero-order valence-electron chi connectivity index (χ0n) is 6.50. The molecule has 66 valence electrons. The zero-order valence-corrected chi connectivity index (χ0v) is 10.2. The highest BCUT2D eigenvalue weighted by atomic mass is 127. The van der Waals surface area contributed by atoms with Crippen LogP contribution in [-0.4, -0.2) is 4.98 Å². The van der Waals surface area contributed by atoms with Gasteiger partial charge in [-0.2, -0.15) is 0 Å². The summed E-state index contributed by atoms with van der Waals surface area (Å²) in [7, 11) is 0. The van der Waals surface area contributed by atoms with Crippen molar-refractivity contribution < 1.29 is 3.07 Å². The van der Waals surface area contributed by atoms with Crippen LogP contribution in [0.2, 0.25) is 0 Å². The fourth-order valence-electron chi connectivity index (χ4n) is 1.15. The van der Waals surface area contributed by atoms with Gasteiger partial charge in [-0.25, -0.2) is 4.98 Å². The molecule has 2 rings (SSSR count). The summed E-state index contributed by atoms with van der Waals surface area (Å²) in [5.41, 5.74) is 0. The lowest BCUT2D eigenvalue weighted by Gasteiger charge is -2.01. The topological polar surface area (TPSA) is 22.1 Å². The molecule has 1 heterocycles. The van der Waals surface area contributed by atoms with Gasteiger partial charge in [-0.3, -0.25) is 0 Å². The minimum absolute atomic E-state index is 0.625. The lowest BCUT2D eigenvalue weighted by molar-refractivity contribution is 0.683. The standard InChI is InChI=1S/C9H5BrINO/c10-8-3-1-2-6-5-12-9(13-11)4-7(6)8/h1-5H. The lowest BCUT2D eigenvalue weighted by Crippen LogP contribution is -1.81. The minimum atomic E-state index is 0.625. The number of fused-ring (bicyclic) bond motifs is 1. The maximum Gasteiger partial charge on any atom is 0.225 e. The van der Waals surface area contributed by atoms with Gasteiger partial charge in [0.25, 0.3) is 0 Å². The van der Waals surface area contributed by atoms with Gasteiger partial charge in [0.1, 0.15) is 0 Å². The first-order valence-electron chi connectivity index (χ1n) is 3.64. The molecular formula is C9H5BrINO. The summed E-state index contributed by atoms with van der Waals surface area (Å²) in [5, 5.41) is 2.22. The predicted octanol–water partition coefficient (Wildman–Crippen LogP) is 3.73. The Morgan fingerprint density at radius 1 is 1.38 bits per heavy atom. The Morgan fingerprint density at radius 3 is 3.00 bits per heavy atom. The molecule has 2 aromatic rings. The average molecular weight is 350 g/mol. The van der Waals surface area contributed by atoms with Crippen molar-refractivity contribution in [1.29, 1.82) is 0 Å². The van der Waals surface area contributed by atoms with Crippen LogP contribution < -0.4 is 3.07 Å². The molecule has 0 aliphatic rings. The zero-order chi connectivity index (χ0) is 9.26. The van der Waals surface area contributed by atoms with Gasteiger partial charge in [0.05, 0.1) is 0 Å². The second-order valence-electron chi connectivity index (χ2n) is 2.56. The molecule has 0 spiro atoms. The van der Waals surface area contributed by atoms with Crippen LogP contribution >= 0.6 is 38.9 Å². The molecule has 13 heavy (non-hydrogen) atoms. The lowest BCUT2D eigenvalue weighted by atomic mass is 10.2. The first-order valence-corrected chi connectivity index (χ1v) is 5.31.